The first kappa shape index (κ1) is 9.89. The summed E-state index contributed by atoms with van der Waals surface area (Å²) < 4.78 is 26.0. The Bertz CT molecular complexity index is 295. The van der Waals surface area contributed by atoms with Crippen LogP contribution in [0.4, 0.5) is 8.78 Å². The highest BCUT2D eigenvalue weighted by molar-refractivity contribution is 14.1. The molecule has 1 rings (SSSR count). The molecule has 0 atom stereocenters. The summed E-state index contributed by atoms with van der Waals surface area (Å²) in [7, 11) is 0. The molecule has 3 heteroatoms. The van der Waals surface area contributed by atoms with Gasteiger partial charge >= 0.3 is 0 Å². The number of rotatable bonds is 1. The Labute approximate surface area is 84.1 Å². The first-order valence-corrected chi connectivity index (χ1v) is 4.75. The van der Waals surface area contributed by atoms with Gasteiger partial charge in [0.2, 0.25) is 0 Å². The molecule has 0 aliphatic carbocycles. The Balaban J connectivity index is 3.27. The second-order valence-corrected chi connectivity index (χ2v) is 4.00. The summed E-state index contributed by atoms with van der Waals surface area (Å²) in [5, 5.41) is 0. The Hall–Kier alpha value is -0.190. The molecule has 0 spiro atoms. The van der Waals surface area contributed by atoms with E-state index in [0.29, 0.717) is 3.57 Å². The lowest BCUT2D eigenvalue weighted by Crippen LogP contribution is -1.97. The van der Waals surface area contributed by atoms with Gasteiger partial charge in [0.1, 0.15) is 0 Å². The van der Waals surface area contributed by atoms with Gasteiger partial charge in [-0.15, -0.1) is 0 Å². The zero-order valence-corrected chi connectivity index (χ0v) is 9.02. The van der Waals surface area contributed by atoms with Crippen LogP contribution in [0.5, 0.6) is 0 Å². The number of hydrogen-bond donors (Lipinski definition) is 0. The Morgan fingerprint density at radius 2 is 1.83 bits per heavy atom. The molecule has 0 saturated carbocycles. The van der Waals surface area contributed by atoms with Crippen molar-refractivity contribution < 1.29 is 8.78 Å². The predicted molar refractivity (Wildman–Crippen MR) is 53.2 cm³/mol. The quantitative estimate of drug-likeness (QED) is 0.544. The number of benzene rings is 1. The van der Waals surface area contributed by atoms with Crippen molar-refractivity contribution in [3.63, 3.8) is 0 Å². The van der Waals surface area contributed by atoms with E-state index in [0.717, 1.165) is 5.56 Å². The van der Waals surface area contributed by atoms with Gasteiger partial charge < -0.3 is 0 Å². The second kappa shape index (κ2) is 3.68. The summed E-state index contributed by atoms with van der Waals surface area (Å²) in [4.78, 5) is 0. The molecular formula is C9H9F2I. The monoisotopic (exact) mass is 282 g/mol. The number of halogens is 3. The van der Waals surface area contributed by atoms with Gasteiger partial charge in [0.25, 0.3) is 0 Å². The van der Waals surface area contributed by atoms with Gasteiger partial charge in [0.15, 0.2) is 11.6 Å². The van der Waals surface area contributed by atoms with Crippen molar-refractivity contribution in [1.29, 1.82) is 0 Å². The maximum Gasteiger partial charge on any atom is 0.172 e. The van der Waals surface area contributed by atoms with Gasteiger partial charge in [0, 0.05) is 0 Å². The Morgan fingerprint density at radius 3 is 2.33 bits per heavy atom. The molecule has 0 fully saturated rings. The third-order valence-electron chi connectivity index (χ3n) is 1.69. The van der Waals surface area contributed by atoms with Gasteiger partial charge in [-0.25, -0.2) is 8.78 Å². The third kappa shape index (κ3) is 1.76. The molecule has 0 aliphatic heterocycles. The first-order chi connectivity index (χ1) is 5.54. The zero-order valence-electron chi connectivity index (χ0n) is 6.87. The van der Waals surface area contributed by atoms with Crippen molar-refractivity contribution in [1.82, 2.24) is 0 Å². The summed E-state index contributed by atoms with van der Waals surface area (Å²) in [6, 6.07) is 2.80. The summed E-state index contributed by atoms with van der Waals surface area (Å²) in [5.74, 6) is -1.28. The van der Waals surface area contributed by atoms with Crippen LogP contribution in [0.25, 0.3) is 0 Å². The summed E-state index contributed by atoms with van der Waals surface area (Å²) >= 11 is 1.83. The molecule has 0 heterocycles. The fourth-order valence-electron chi connectivity index (χ4n) is 0.987. The molecule has 0 aromatic heterocycles. The van der Waals surface area contributed by atoms with Crippen molar-refractivity contribution >= 4 is 22.6 Å². The fraction of sp³-hybridized carbons (Fsp3) is 0.333. The van der Waals surface area contributed by atoms with Crippen LogP contribution in [-0.4, -0.2) is 0 Å². The topological polar surface area (TPSA) is 0 Å². The van der Waals surface area contributed by atoms with Crippen LogP contribution >= 0.6 is 22.6 Å². The van der Waals surface area contributed by atoms with E-state index >= 15 is 0 Å². The van der Waals surface area contributed by atoms with Crippen molar-refractivity contribution in [2.24, 2.45) is 0 Å². The molecule has 0 N–H and O–H groups in total. The Kier molecular flexibility index (Phi) is 3.04. The highest BCUT2D eigenvalue weighted by Crippen LogP contribution is 2.24. The predicted octanol–water partition coefficient (Wildman–Crippen LogP) is 3.69. The lowest BCUT2D eigenvalue weighted by Gasteiger charge is -2.08. The first-order valence-electron chi connectivity index (χ1n) is 3.67. The van der Waals surface area contributed by atoms with E-state index in [1.54, 1.807) is 6.07 Å². The lowest BCUT2D eigenvalue weighted by atomic mass is 10.0. The van der Waals surface area contributed by atoms with Crippen LogP contribution < -0.4 is 0 Å². The molecule has 0 radical (unpaired) electrons. The highest BCUT2D eigenvalue weighted by atomic mass is 127. The molecule has 1 aromatic rings. The molecule has 1 aromatic carbocycles. The van der Waals surface area contributed by atoms with Crippen LogP contribution in [0.1, 0.15) is 25.3 Å². The smallest absolute Gasteiger partial charge is 0.172 e. The average Bonchev–Trinajstić information content (AvgIpc) is 2.00. The van der Waals surface area contributed by atoms with Crippen LogP contribution in [0, 0.1) is 15.2 Å². The fourth-order valence-corrected chi connectivity index (χ4v) is 2.05. The van der Waals surface area contributed by atoms with Crippen molar-refractivity contribution in [2.75, 3.05) is 0 Å². The largest absolute Gasteiger partial charge is 0.204 e. The minimum absolute atomic E-state index is 0.229. The maximum absolute atomic E-state index is 13.0. The average molecular weight is 282 g/mol. The number of hydrogen-bond acceptors (Lipinski definition) is 0. The van der Waals surface area contributed by atoms with Crippen LogP contribution in [-0.2, 0) is 0 Å². The summed E-state index contributed by atoms with van der Waals surface area (Å²) in [6.07, 6.45) is 0. The van der Waals surface area contributed by atoms with Gasteiger partial charge in [-0.3, -0.25) is 0 Å². The van der Waals surface area contributed by atoms with Crippen LogP contribution in [0.15, 0.2) is 12.1 Å². The maximum atomic E-state index is 13.0. The normalized spacial score (nSPS) is 10.8. The standard InChI is InChI=1S/C9H9F2I/c1-5(2)6-3-4-7(10)8(11)9(6)12/h3-5H,1-2H3. The molecule has 0 nitrogen and oxygen atoms in total. The van der Waals surface area contributed by atoms with Crippen molar-refractivity contribution in [3.8, 4) is 0 Å². The van der Waals surface area contributed by atoms with E-state index in [-0.39, 0.29) is 5.92 Å². The van der Waals surface area contributed by atoms with Crippen LogP contribution in [0.2, 0.25) is 0 Å². The molecule has 12 heavy (non-hydrogen) atoms. The molecule has 0 unspecified atom stereocenters. The highest BCUT2D eigenvalue weighted by Gasteiger charge is 2.12. The molecule has 0 saturated heterocycles. The summed E-state index contributed by atoms with van der Waals surface area (Å²) in [6.45, 7) is 3.91. The van der Waals surface area contributed by atoms with E-state index in [1.165, 1.54) is 6.07 Å². The molecular weight excluding hydrogens is 273 g/mol. The van der Waals surface area contributed by atoms with Crippen LogP contribution in [0.3, 0.4) is 0 Å². The molecule has 66 valence electrons. The summed E-state index contributed by atoms with van der Waals surface area (Å²) in [5.41, 5.74) is 0.856. The van der Waals surface area contributed by atoms with E-state index < -0.39 is 11.6 Å². The van der Waals surface area contributed by atoms with E-state index in [1.807, 2.05) is 36.4 Å². The molecule has 0 aliphatic rings. The zero-order chi connectivity index (χ0) is 9.30. The van der Waals surface area contributed by atoms with E-state index in [2.05, 4.69) is 0 Å². The Morgan fingerprint density at radius 1 is 1.25 bits per heavy atom. The minimum atomic E-state index is -0.774. The van der Waals surface area contributed by atoms with Crippen molar-refractivity contribution in [2.45, 2.75) is 19.8 Å². The van der Waals surface area contributed by atoms with E-state index in [4.69, 9.17) is 0 Å². The second-order valence-electron chi connectivity index (χ2n) is 2.92. The molecule has 0 bridgehead atoms. The molecule has 0 amide bonds. The van der Waals surface area contributed by atoms with Gasteiger partial charge in [-0.1, -0.05) is 19.9 Å². The van der Waals surface area contributed by atoms with Crippen molar-refractivity contribution in [3.05, 3.63) is 32.9 Å². The lowest BCUT2D eigenvalue weighted by molar-refractivity contribution is 0.500. The van der Waals surface area contributed by atoms with Gasteiger partial charge in [-0.05, 0) is 40.1 Å². The van der Waals surface area contributed by atoms with E-state index in [9.17, 15) is 8.78 Å². The minimum Gasteiger partial charge on any atom is -0.204 e. The van der Waals surface area contributed by atoms with Gasteiger partial charge in [0.05, 0.1) is 3.57 Å². The van der Waals surface area contributed by atoms with Gasteiger partial charge in [-0.2, -0.15) is 0 Å². The third-order valence-corrected chi connectivity index (χ3v) is 2.78. The SMILES string of the molecule is CC(C)c1ccc(F)c(F)c1I.